The van der Waals surface area contributed by atoms with Crippen molar-refractivity contribution < 1.29 is 22.8 Å². The highest BCUT2D eigenvalue weighted by Gasteiger charge is 2.39. The van der Waals surface area contributed by atoms with Crippen LogP contribution < -0.4 is 9.16 Å². The number of benzene rings is 1. The van der Waals surface area contributed by atoms with E-state index in [0.717, 1.165) is 0 Å². The Morgan fingerprint density at radius 1 is 1.30 bits per heavy atom. The number of ether oxygens (including phenoxy) is 2. The van der Waals surface area contributed by atoms with Gasteiger partial charge in [0.25, 0.3) is 8.32 Å². The maximum atomic E-state index is 11.4. The van der Waals surface area contributed by atoms with E-state index in [1.165, 1.54) is 6.08 Å². The Labute approximate surface area is 144 Å². The lowest BCUT2D eigenvalue weighted by Gasteiger charge is -2.36. The first-order valence-corrected chi connectivity index (χ1v) is 10.5. The predicted molar refractivity (Wildman–Crippen MR) is 96.5 cm³/mol. The quantitative estimate of drug-likeness (QED) is 0.430. The van der Waals surface area contributed by atoms with Gasteiger partial charge in [0, 0.05) is 6.08 Å². The van der Waals surface area contributed by atoms with Crippen LogP contribution in [0.25, 0.3) is 6.08 Å². The molecule has 0 saturated heterocycles. The van der Waals surface area contributed by atoms with Crippen LogP contribution in [0.1, 0.15) is 37.4 Å². The monoisotopic (exact) mass is 339 g/mol. The average molecular weight is 340 g/mol. The summed E-state index contributed by atoms with van der Waals surface area (Å²) in [5.41, 5.74) is 0.611. The van der Waals surface area contributed by atoms with Crippen LogP contribution in [-0.4, -0.2) is 27.9 Å². The third-order valence-electron chi connectivity index (χ3n) is 3.95. The van der Waals surface area contributed by atoms with Crippen molar-refractivity contribution in [1.29, 1.82) is 0 Å². The van der Waals surface area contributed by atoms with Crippen LogP contribution in [-0.2, 0) is 9.53 Å². The van der Waals surface area contributed by atoms with Crippen LogP contribution in [0, 0.1) is 0 Å². The van der Waals surface area contributed by atoms with Crippen molar-refractivity contribution in [3.05, 3.63) is 29.8 Å². The first-order valence-electron chi connectivity index (χ1n) is 9.12. The molecule has 1 aromatic rings. The topological polar surface area (TPSA) is 44.8 Å². The molecule has 0 aromatic heterocycles. The molecule has 0 unspecified atom stereocenters. The Morgan fingerprint density at radius 3 is 2.57 bits per heavy atom. The summed E-state index contributed by atoms with van der Waals surface area (Å²) >= 11 is 0. The SMILES string of the molecule is [2H]C([2H])([2H])Oc1cc(/C=C/C(=O)OCC)ccc1O[Si](C)(C)C(C)(C)C. The van der Waals surface area contributed by atoms with Crippen molar-refractivity contribution in [3.63, 3.8) is 0 Å². The Kier molecular flexibility index (Phi) is 4.95. The summed E-state index contributed by atoms with van der Waals surface area (Å²) in [5.74, 6) is 0.0502. The zero-order chi connectivity index (χ0) is 20.2. The van der Waals surface area contributed by atoms with E-state index in [1.807, 2.05) is 0 Å². The summed E-state index contributed by atoms with van der Waals surface area (Å²) in [7, 11) is -4.77. The van der Waals surface area contributed by atoms with E-state index in [0.29, 0.717) is 11.3 Å². The van der Waals surface area contributed by atoms with Crippen LogP contribution in [0.2, 0.25) is 18.1 Å². The van der Waals surface area contributed by atoms with Crippen LogP contribution in [0.5, 0.6) is 11.5 Å². The van der Waals surface area contributed by atoms with Crippen LogP contribution in [0.15, 0.2) is 24.3 Å². The van der Waals surface area contributed by atoms with E-state index in [4.69, 9.17) is 18.0 Å². The number of carbonyl (C=O) groups excluding carboxylic acids is 1. The van der Waals surface area contributed by atoms with E-state index in [-0.39, 0.29) is 17.4 Å². The molecule has 0 bridgehead atoms. The standard InChI is InChI=1S/C18H28O4Si/c1-8-21-17(19)12-10-14-9-11-15(16(13-14)20-5)22-23(6,7)18(2,3)4/h9-13H,8H2,1-7H3/b12-10+/i5D3. The van der Waals surface area contributed by atoms with Crippen molar-refractivity contribution in [2.75, 3.05) is 13.6 Å². The molecule has 0 fully saturated rings. The van der Waals surface area contributed by atoms with Crippen molar-refractivity contribution in [1.82, 2.24) is 0 Å². The molecule has 0 N–H and O–H groups in total. The highest BCUT2D eigenvalue weighted by molar-refractivity contribution is 6.74. The minimum atomic E-state index is -2.60. The van der Waals surface area contributed by atoms with Gasteiger partial charge in [-0.05, 0) is 48.8 Å². The average Bonchev–Trinajstić information content (AvgIpc) is 2.45. The second kappa shape index (κ2) is 7.68. The fourth-order valence-corrected chi connectivity index (χ4v) is 2.60. The first-order chi connectivity index (χ1) is 11.7. The molecule has 4 nitrogen and oxygen atoms in total. The van der Waals surface area contributed by atoms with Gasteiger partial charge in [0.15, 0.2) is 5.75 Å². The normalized spacial score (nSPS) is 14.8. The lowest BCUT2D eigenvalue weighted by molar-refractivity contribution is -0.137. The lowest BCUT2D eigenvalue weighted by atomic mass is 10.2. The molecule has 0 aliphatic carbocycles. The number of hydrogen-bond donors (Lipinski definition) is 0. The first kappa shape index (κ1) is 14.8. The zero-order valence-electron chi connectivity index (χ0n) is 17.7. The molecule has 0 aliphatic rings. The van der Waals surface area contributed by atoms with E-state index in [2.05, 4.69) is 33.9 Å². The van der Waals surface area contributed by atoms with Gasteiger partial charge >= 0.3 is 5.97 Å². The lowest BCUT2D eigenvalue weighted by Crippen LogP contribution is -2.43. The van der Waals surface area contributed by atoms with E-state index in [1.54, 1.807) is 31.2 Å². The van der Waals surface area contributed by atoms with Gasteiger partial charge in [-0.3, -0.25) is 0 Å². The summed E-state index contributed by atoms with van der Waals surface area (Å²) in [5, 5.41) is -0.0489. The zero-order valence-corrected chi connectivity index (χ0v) is 15.7. The second-order valence-electron chi connectivity index (χ2n) is 6.76. The number of hydrogen-bond acceptors (Lipinski definition) is 4. The molecule has 1 rings (SSSR count). The Morgan fingerprint density at radius 2 is 2.00 bits per heavy atom. The Bertz CT molecular complexity index is 661. The summed E-state index contributed by atoms with van der Waals surface area (Å²) in [6.45, 7) is 12.4. The molecular weight excluding hydrogens is 308 g/mol. The molecule has 0 heterocycles. The molecule has 0 amide bonds. The fourth-order valence-electron chi connectivity index (χ4n) is 1.58. The predicted octanol–water partition coefficient (Wildman–Crippen LogP) is 4.66. The summed E-state index contributed by atoms with van der Waals surface area (Å²) < 4.78 is 38.3. The van der Waals surface area contributed by atoms with Gasteiger partial charge in [0.05, 0.1) is 17.8 Å². The largest absolute Gasteiger partial charge is 0.541 e. The summed E-state index contributed by atoms with van der Waals surface area (Å²) in [4.78, 5) is 11.4. The van der Waals surface area contributed by atoms with Gasteiger partial charge in [-0.1, -0.05) is 26.8 Å². The number of esters is 1. The highest BCUT2D eigenvalue weighted by Crippen LogP contribution is 2.40. The van der Waals surface area contributed by atoms with Crippen LogP contribution in [0.4, 0.5) is 0 Å². The molecule has 23 heavy (non-hydrogen) atoms. The maximum Gasteiger partial charge on any atom is 0.330 e. The van der Waals surface area contributed by atoms with Crippen molar-refractivity contribution >= 4 is 20.4 Å². The van der Waals surface area contributed by atoms with Crippen LogP contribution >= 0.6 is 0 Å². The molecule has 0 spiro atoms. The van der Waals surface area contributed by atoms with Gasteiger partial charge in [0.2, 0.25) is 0 Å². The minimum absolute atomic E-state index is 0.0489. The van der Waals surface area contributed by atoms with Gasteiger partial charge < -0.3 is 13.9 Å². The summed E-state index contributed by atoms with van der Waals surface area (Å²) in [6, 6.07) is 4.96. The van der Waals surface area contributed by atoms with Crippen molar-refractivity contribution in [3.8, 4) is 11.5 Å². The highest BCUT2D eigenvalue weighted by atomic mass is 28.4. The molecule has 0 radical (unpaired) electrons. The van der Waals surface area contributed by atoms with Gasteiger partial charge in [-0.25, -0.2) is 4.79 Å². The molecule has 0 saturated carbocycles. The van der Waals surface area contributed by atoms with Crippen molar-refractivity contribution in [2.24, 2.45) is 0 Å². The molecule has 0 aliphatic heterocycles. The fraction of sp³-hybridized carbons (Fsp3) is 0.500. The molecule has 128 valence electrons. The number of methoxy groups -OCH3 is 1. The molecule has 0 atom stereocenters. The third kappa shape index (κ3) is 5.43. The third-order valence-corrected chi connectivity index (χ3v) is 8.29. The number of carbonyl (C=O) groups is 1. The molecular formula is C18H28O4Si. The smallest absolute Gasteiger partial charge is 0.330 e. The molecule has 1 aromatic carbocycles. The van der Waals surface area contributed by atoms with Gasteiger partial charge in [-0.15, -0.1) is 0 Å². The maximum absolute atomic E-state index is 11.4. The van der Waals surface area contributed by atoms with Gasteiger partial charge in [-0.2, -0.15) is 0 Å². The van der Waals surface area contributed by atoms with E-state index < -0.39 is 21.3 Å². The second-order valence-corrected chi connectivity index (χ2v) is 11.5. The van der Waals surface area contributed by atoms with Crippen LogP contribution in [0.3, 0.4) is 0 Å². The van der Waals surface area contributed by atoms with Gasteiger partial charge in [0.1, 0.15) is 5.75 Å². The van der Waals surface area contributed by atoms with E-state index in [9.17, 15) is 4.79 Å². The Hall–Kier alpha value is -1.75. The van der Waals surface area contributed by atoms with Crippen molar-refractivity contribution in [2.45, 2.75) is 45.8 Å². The summed E-state index contributed by atoms with van der Waals surface area (Å²) in [6.07, 6.45) is 2.83. The number of rotatable bonds is 6. The molecule has 5 heteroatoms. The van der Waals surface area contributed by atoms with E-state index >= 15 is 0 Å². The minimum Gasteiger partial charge on any atom is -0.541 e. The Balaban J connectivity index is 3.20.